The zero-order valence-corrected chi connectivity index (χ0v) is 12.6. The van der Waals surface area contributed by atoms with Crippen LogP contribution in [-0.2, 0) is 16.1 Å². The van der Waals surface area contributed by atoms with E-state index in [2.05, 4.69) is 0 Å². The monoisotopic (exact) mass is 309 g/mol. The van der Waals surface area contributed by atoms with Crippen LogP contribution in [0.4, 0.5) is 5.69 Å². The van der Waals surface area contributed by atoms with Gasteiger partial charge in [-0.15, -0.1) is 0 Å². The average Bonchev–Trinajstić information content (AvgIpc) is 2.90. The van der Waals surface area contributed by atoms with E-state index in [1.165, 1.54) is 4.90 Å². The van der Waals surface area contributed by atoms with Crippen LogP contribution in [0, 0.1) is 0 Å². The topological polar surface area (TPSA) is 62.6 Å². The molecular formula is C17H15N3O3. The highest BCUT2D eigenvalue weighted by atomic mass is 16.2. The molecule has 2 aliphatic heterocycles. The number of carbonyl (C=O) groups is 3. The first-order chi connectivity index (χ1) is 11.1. The van der Waals surface area contributed by atoms with Crippen molar-refractivity contribution in [2.45, 2.75) is 12.6 Å². The van der Waals surface area contributed by atoms with Gasteiger partial charge in [0.25, 0.3) is 0 Å². The highest BCUT2D eigenvalue weighted by Crippen LogP contribution is 2.37. The maximum atomic E-state index is 12.6. The number of likely N-dealkylation sites (N-methyl/N-ethyl adjacent to an activating group) is 1. The third kappa shape index (κ3) is 1.84. The van der Waals surface area contributed by atoms with Crippen LogP contribution in [0.3, 0.4) is 0 Å². The predicted octanol–water partition coefficient (Wildman–Crippen LogP) is 1.21. The van der Waals surface area contributed by atoms with Crippen LogP contribution in [0.2, 0.25) is 0 Å². The van der Waals surface area contributed by atoms with Crippen molar-refractivity contribution in [3.05, 3.63) is 53.3 Å². The highest BCUT2D eigenvalue weighted by Gasteiger charge is 2.42. The van der Waals surface area contributed by atoms with Gasteiger partial charge in [-0.25, -0.2) is 0 Å². The number of benzene rings is 1. The summed E-state index contributed by atoms with van der Waals surface area (Å²) in [6.45, 7) is 0.909. The smallest absolute Gasteiger partial charge is 0.317 e. The molecule has 1 fully saturated rings. The second-order valence-electron chi connectivity index (χ2n) is 5.89. The molecule has 0 aliphatic carbocycles. The van der Waals surface area contributed by atoms with E-state index >= 15 is 0 Å². The van der Waals surface area contributed by atoms with Crippen molar-refractivity contribution >= 4 is 23.8 Å². The molecule has 23 heavy (non-hydrogen) atoms. The maximum absolute atomic E-state index is 12.6. The zero-order valence-electron chi connectivity index (χ0n) is 12.6. The summed E-state index contributed by atoms with van der Waals surface area (Å²) in [5.41, 5.74) is 3.10. The summed E-state index contributed by atoms with van der Waals surface area (Å²) < 4.78 is 1.92. The van der Waals surface area contributed by atoms with Crippen LogP contribution in [-0.4, -0.2) is 41.2 Å². The average molecular weight is 309 g/mol. The number of aromatic nitrogens is 1. The molecule has 2 aromatic rings. The fraction of sp³-hybridized carbons (Fsp3) is 0.235. The standard InChI is InChI=1S/C17H15N3O3/c1-18-9-15-14-7-6-12(10-21)19(14)8-11-4-2-3-5-13(11)20(15)17(23)16(18)22/h2-7,10,15H,8-9H2,1H3. The van der Waals surface area contributed by atoms with Crippen molar-refractivity contribution in [3.63, 3.8) is 0 Å². The van der Waals surface area contributed by atoms with Crippen molar-refractivity contribution in [3.8, 4) is 0 Å². The number of nitrogens with zero attached hydrogens (tertiary/aromatic N) is 3. The van der Waals surface area contributed by atoms with E-state index in [4.69, 9.17) is 0 Å². The molecule has 1 aromatic carbocycles. The molecule has 116 valence electrons. The molecule has 0 radical (unpaired) electrons. The van der Waals surface area contributed by atoms with Crippen molar-refractivity contribution in [1.29, 1.82) is 0 Å². The van der Waals surface area contributed by atoms with Gasteiger partial charge in [0, 0.05) is 25.0 Å². The third-order valence-electron chi connectivity index (χ3n) is 4.60. The number of anilines is 1. The van der Waals surface area contributed by atoms with Gasteiger partial charge in [-0.3, -0.25) is 19.3 Å². The lowest BCUT2D eigenvalue weighted by molar-refractivity contribution is -0.146. The Balaban J connectivity index is 1.98. The molecule has 1 saturated heterocycles. The molecule has 3 heterocycles. The number of para-hydroxylation sites is 1. The molecule has 6 nitrogen and oxygen atoms in total. The van der Waals surface area contributed by atoms with E-state index in [1.54, 1.807) is 18.0 Å². The Labute approximate surface area is 132 Å². The molecular weight excluding hydrogens is 294 g/mol. The zero-order chi connectivity index (χ0) is 16.1. The van der Waals surface area contributed by atoms with Gasteiger partial charge < -0.3 is 9.47 Å². The normalized spacial score (nSPS) is 19.8. The molecule has 0 saturated carbocycles. The van der Waals surface area contributed by atoms with Crippen LogP contribution in [0.15, 0.2) is 36.4 Å². The Bertz CT molecular complexity index is 839. The lowest BCUT2D eigenvalue weighted by atomic mass is 10.1. The minimum Gasteiger partial charge on any atom is -0.336 e. The Morgan fingerprint density at radius 1 is 1.09 bits per heavy atom. The number of rotatable bonds is 1. The van der Waals surface area contributed by atoms with Gasteiger partial charge in [0.1, 0.15) is 0 Å². The molecule has 1 aromatic heterocycles. The number of piperazine rings is 1. The minimum absolute atomic E-state index is 0.289. The summed E-state index contributed by atoms with van der Waals surface area (Å²) in [7, 11) is 1.63. The molecule has 6 heteroatoms. The number of carbonyl (C=O) groups excluding carboxylic acids is 3. The molecule has 1 atom stereocenters. The molecule has 2 amide bonds. The second-order valence-corrected chi connectivity index (χ2v) is 5.89. The van der Waals surface area contributed by atoms with Crippen molar-refractivity contribution < 1.29 is 14.4 Å². The van der Waals surface area contributed by atoms with Crippen LogP contribution in [0.1, 0.15) is 27.8 Å². The summed E-state index contributed by atoms with van der Waals surface area (Å²) >= 11 is 0. The van der Waals surface area contributed by atoms with Gasteiger partial charge in [-0.1, -0.05) is 18.2 Å². The molecule has 0 N–H and O–H groups in total. The van der Waals surface area contributed by atoms with Crippen molar-refractivity contribution in [1.82, 2.24) is 9.47 Å². The summed E-state index contributed by atoms with van der Waals surface area (Å²) in [6, 6.07) is 10.9. The van der Waals surface area contributed by atoms with Gasteiger partial charge in [-0.2, -0.15) is 0 Å². The fourth-order valence-electron chi connectivity index (χ4n) is 3.46. The number of amides is 2. The first-order valence-corrected chi connectivity index (χ1v) is 7.43. The van der Waals surface area contributed by atoms with Crippen LogP contribution in [0.5, 0.6) is 0 Å². The van der Waals surface area contributed by atoms with Crippen LogP contribution in [0.25, 0.3) is 0 Å². The lowest BCUT2D eigenvalue weighted by Crippen LogP contribution is -2.54. The van der Waals surface area contributed by atoms with Crippen LogP contribution < -0.4 is 4.90 Å². The minimum atomic E-state index is -0.529. The van der Waals surface area contributed by atoms with Crippen molar-refractivity contribution in [2.24, 2.45) is 0 Å². The van der Waals surface area contributed by atoms with Gasteiger partial charge in [-0.05, 0) is 23.8 Å². The molecule has 4 rings (SSSR count). The van der Waals surface area contributed by atoms with E-state index in [0.29, 0.717) is 18.8 Å². The van der Waals surface area contributed by atoms with E-state index < -0.39 is 11.8 Å². The lowest BCUT2D eigenvalue weighted by Gasteiger charge is -2.38. The first kappa shape index (κ1) is 13.8. The van der Waals surface area contributed by atoms with E-state index in [1.807, 2.05) is 34.9 Å². The van der Waals surface area contributed by atoms with Gasteiger partial charge >= 0.3 is 11.8 Å². The Hall–Kier alpha value is -2.89. The Kier molecular flexibility index (Phi) is 2.87. The third-order valence-corrected chi connectivity index (χ3v) is 4.60. The van der Waals surface area contributed by atoms with Gasteiger partial charge in [0.15, 0.2) is 6.29 Å². The summed E-state index contributed by atoms with van der Waals surface area (Å²) in [5, 5.41) is 0. The van der Waals surface area contributed by atoms with Gasteiger partial charge in [0.2, 0.25) is 0 Å². The van der Waals surface area contributed by atoms with Crippen LogP contribution >= 0.6 is 0 Å². The molecule has 1 unspecified atom stereocenters. The largest absolute Gasteiger partial charge is 0.336 e. The SMILES string of the molecule is CN1CC2c3ccc(C=O)n3Cc3ccccc3N2C(=O)C1=O. The summed E-state index contributed by atoms with van der Waals surface area (Å²) in [4.78, 5) is 39.1. The fourth-order valence-corrected chi connectivity index (χ4v) is 3.46. The maximum Gasteiger partial charge on any atom is 0.317 e. The van der Waals surface area contributed by atoms with E-state index in [0.717, 1.165) is 23.2 Å². The number of hydrogen-bond acceptors (Lipinski definition) is 3. The Morgan fingerprint density at radius 3 is 2.65 bits per heavy atom. The summed E-state index contributed by atoms with van der Waals surface area (Å²) in [6.07, 6.45) is 0.821. The predicted molar refractivity (Wildman–Crippen MR) is 83.2 cm³/mol. The number of fused-ring (bicyclic) bond motifs is 5. The Morgan fingerprint density at radius 2 is 1.87 bits per heavy atom. The molecule has 0 bridgehead atoms. The number of aldehydes is 1. The quantitative estimate of drug-likeness (QED) is 0.587. The second kappa shape index (κ2) is 4.81. The van der Waals surface area contributed by atoms with E-state index in [-0.39, 0.29) is 6.04 Å². The molecule has 2 aliphatic rings. The number of hydrogen-bond donors (Lipinski definition) is 0. The first-order valence-electron chi connectivity index (χ1n) is 7.43. The van der Waals surface area contributed by atoms with Crippen molar-refractivity contribution in [2.75, 3.05) is 18.5 Å². The summed E-state index contributed by atoms with van der Waals surface area (Å²) in [5.74, 6) is -1.04. The van der Waals surface area contributed by atoms with Gasteiger partial charge in [0.05, 0.1) is 18.3 Å². The van der Waals surface area contributed by atoms with E-state index in [9.17, 15) is 14.4 Å². The highest BCUT2D eigenvalue weighted by molar-refractivity contribution is 6.41. The molecule has 0 spiro atoms.